The van der Waals surface area contributed by atoms with Gasteiger partial charge in [-0.2, -0.15) is 5.10 Å². The number of methoxy groups -OCH3 is 1. The molecule has 0 unspecified atom stereocenters. The van der Waals surface area contributed by atoms with Crippen LogP contribution in [0.2, 0.25) is 0 Å². The number of amides is 1. The molecule has 1 N–H and O–H groups in total. The van der Waals surface area contributed by atoms with Crippen LogP contribution in [0, 0.1) is 0 Å². The number of rotatable bonds is 6. The maximum Gasteiger partial charge on any atom is 0.272 e. The molecule has 0 aliphatic carbocycles. The number of fused-ring (bicyclic) bond motifs is 1. The Morgan fingerprint density at radius 2 is 2.32 bits per heavy atom. The van der Waals surface area contributed by atoms with Gasteiger partial charge in [-0.25, -0.2) is 4.98 Å². The normalized spacial score (nSPS) is 19.7. The van der Waals surface area contributed by atoms with Gasteiger partial charge in [-0.05, 0) is 13.8 Å². The zero-order valence-corrected chi connectivity index (χ0v) is 15.2. The number of ether oxygens (including phenoxy) is 2. The summed E-state index contributed by atoms with van der Waals surface area (Å²) >= 11 is 0. The molecule has 0 aromatic carbocycles. The van der Waals surface area contributed by atoms with Crippen molar-refractivity contribution in [1.82, 2.24) is 24.6 Å². The van der Waals surface area contributed by atoms with Crippen LogP contribution >= 0.6 is 0 Å². The number of aromatic amines is 1. The first-order valence-electron chi connectivity index (χ1n) is 8.49. The molecule has 2 aromatic rings. The Morgan fingerprint density at radius 3 is 3.00 bits per heavy atom. The van der Waals surface area contributed by atoms with Crippen LogP contribution in [-0.4, -0.2) is 56.9 Å². The van der Waals surface area contributed by atoms with Crippen LogP contribution in [-0.2, 0) is 29.5 Å². The molecule has 2 atom stereocenters. The summed E-state index contributed by atoms with van der Waals surface area (Å²) in [4.78, 5) is 22.3. The number of imidazole rings is 1. The largest absolute Gasteiger partial charge is 0.383 e. The van der Waals surface area contributed by atoms with Crippen LogP contribution in [0.25, 0.3) is 0 Å². The van der Waals surface area contributed by atoms with E-state index < -0.39 is 0 Å². The van der Waals surface area contributed by atoms with Gasteiger partial charge in [0.05, 0.1) is 31.1 Å². The fraction of sp³-hybridized carbons (Fsp3) is 0.588. The number of H-pyrrole nitrogens is 1. The number of carbonyl (C=O) groups excluding carboxylic acids is 1. The van der Waals surface area contributed by atoms with E-state index in [0.717, 1.165) is 17.1 Å². The summed E-state index contributed by atoms with van der Waals surface area (Å²) in [5.41, 5.74) is 2.47. The summed E-state index contributed by atoms with van der Waals surface area (Å²) in [7, 11) is 3.44. The summed E-state index contributed by atoms with van der Waals surface area (Å²) in [6.07, 6.45) is 4.08. The Kier molecular flexibility index (Phi) is 5.19. The van der Waals surface area contributed by atoms with Crippen LogP contribution < -0.4 is 0 Å². The van der Waals surface area contributed by atoms with E-state index in [4.69, 9.17) is 9.47 Å². The number of hydrogen-bond donors (Lipinski definition) is 1. The highest BCUT2D eigenvalue weighted by molar-refractivity contribution is 5.94. The monoisotopic (exact) mass is 347 g/mol. The third kappa shape index (κ3) is 3.59. The van der Waals surface area contributed by atoms with E-state index in [-0.39, 0.29) is 18.1 Å². The van der Waals surface area contributed by atoms with E-state index >= 15 is 0 Å². The standard InChI is InChI=1S/C17H25N5O3/c1-11-9-13-15(12(2)25-11)20-21(3)16(13)17(23)22(7-8-24-4)10-14-18-5-6-19-14/h5-6,11-12H,7-10H2,1-4H3,(H,18,19)/t11-,12+/m1/s1. The molecule has 25 heavy (non-hydrogen) atoms. The number of hydrogen-bond acceptors (Lipinski definition) is 5. The van der Waals surface area contributed by atoms with E-state index in [0.29, 0.717) is 31.8 Å². The maximum atomic E-state index is 13.3. The zero-order valence-electron chi connectivity index (χ0n) is 15.2. The first-order chi connectivity index (χ1) is 12.0. The van der Waals surface area contributed by atoms with Crippen LogP contribution in [0.3, 0.4) is 0 Å². The first-order valence-corrected chi connectivity index (χ1v) is 8.49. The quantitative estimate of drug-likeness (QED) is 0.855. The number of aryl methyl sites for hydroxylation is 1. The van der Waals surface area contributed by atoms with E-state index in [1.165, 1.54) is 0 Å². The summed E-state index contributed by atoms with van der Waals surface area (Å²) in [5.74, 6) is 0.677. The fourth-order valence-electron chi connectivity index (χ4n) is 3.30. The average Bonchev–Trinajstić information content (AvgIpc) is 3.18. The second-order valence-corrected chi connectivity index (χ2v) is 6.38. The highest BCUT2D eigenvalue weighted by Crippen LogP contribution is 2.31. The molecule has 1 amide bonds. The van der Waals surface area contributed by atoms with Crippen molar-refractivity contribution in [1.29, 1.82) is 0 Å². The van der Waals surface area contributed by atoms with Crippen molar-refractivity contribution in [2.24, 2.45) is 7.05 Å². The highest BCUT2D eigenvalue weighted by atomic mass is 16.5. The van der Waals surface area contributed by atoms with E-state index in [1.807, 2.05) is 20.9 Å². The van der Waals surface area contributed by atoms with Gasteiger partial charge in [0.1, 0.15) is 11.5 Å². The molecule has 0 saturated carbocycles. The minimum Gasteiger partial charge on any atom is -0.383 e. The van der Waals surface area contributed by atoms with Crippen molar-refractivity contribution >= 4 is 5.91 Å². The van der Waals surface area contributed by atoms with Crippen molar-refractivity contribution < 1.29 is 14.3 Å². The van der Waals surface area contributed by atoms with E-state index in [9.17, 15) is 4.79 Å². The van der Waals surface area contributed by atoms with Gasteiger partial charge in [-0.3, -0.25) is 9.48 Å². The van der Waals surface area contributed by atoms with Gasteiger partial charge in [0.2, 0.25) is 0 Å². The molecule has 0 radical (unpaired) electrons. The maximum absolute atomic E-state index is 13.3. The number of aromatic nitrogens is 4. The van der Waals surface area contributed by atoms with Crippen LogP contribution in [0.1, 0.15) is 47.5 Å². The summed E-state index contributed by atoms with van der Waals surface area (Å²) in [5, 5.41) is 4.54. The fourth-order valence-corrected chi connectivity index (χ4v) is 3.30. The number of nitrogens with zero attached hydrogens (tertiary/aromatic N) is 4. The van der Waals surface area contributed by atoms with Crippen LogP contribution in [0.4, 0.5) is 0 Å². The van der Waals surface area contributed by atoms with Crippen molar-refractivity contribution in [2.75, 3.05) is 20.3 Å². The zero-order chi connectivity index (χ0) is 18.0. The predicted octanol–water partition coefficient (Wildman–Crippen LogP) is 1.45. The molecule has 3 rings (SSSR count). The third-order valence-corrected chi connectivity index (χ3v) is 4.44. The van der Waals surface area contributed by atoms with Gasteiger partial charge >= 0.3 is 0 Å². The Labute approximate surface area is 147 Å². The molecular weight excluding hydrogens is 322 g/mol. The van der Waals surface area contributed by atoms with Gasteiger partial charge in [0, 0.05) is 45.1 Å². The van der Waals surface area contributed by atoms with Gasteiger partial charge in [0.25, 0.3) is 5.91 Å². The molecular formula is C17H25N5O3. The second kappa shape index (κ2) is 7.37. The van der Waals surface area contributed by atoms with Gasteiger partial charge in [-0.1, -0.05) is 0 Å². The lowest BCUT2D eigenvalue weighted by atomic mass is 9.99. The number of carbonyl (C=O) groups is 1. The van der Waals surface area contributed by atoms with E-state index in [1.54, 1.807) is 29.1 Å². The lowest BCUT2D eigenvalue weighted by Gasteiger charge is -2.26. The van der Waals surface area contributed by atoms with Gasteiger partial charge < -0.3 is 19.4 Å². The SMILES string of the molecule is COCCN(Cc1ncc[nH]1)C(=O)c1c2c(nn1C)[C@H](C)O[C@H](C)C2. The van der Waals surface area contributed by atoms with Crippen LogP contribution in [0.15, 0.2) is 12.4 Å². The Morgan fingerprint density at radius 1 is 1.52 bits per heavy atom. The molecule has 8 nitrogen and oxygen atoms in total. The average molecular weight is 347 g/mol. The summed E-state index contributed by atoms with van der Waals surface area (Å²) in [6, 6.07) is 0. The Bertz CT molecular complexity index is 725. The van der Waals surface area contributed by atoms with Crippen molar-refractivity contribution in [2.45, 2.75) is 39.0 Å². The molecule has 1 aliphatic heterocycles. The summed E-state index contributed by atoms with van der Waals surface area (Å²) in [6.45, 7) is 5.34. The molecule has 0 saturated heterocycles. The third-order valence-electron chi connectivity index (χ3n) is 4.44. The second-order valence-electron chi connectivity index (χ2n) is 6.38. The van der Waals surface area contributed by atoms with Crippen molar-refractivity contribution in [3.63, 3.8) is 0 Å². The minimum absolute atomic E-state index is 0.0639. The minimum atomic E-state index is -0.107. The molecule has 3 heterocycles. The number of nitrogens with one attached hydrogen (secondary N) is 1. The lowest BCUT2D eigenvalue weighted by Crippen LogP contribution is -2.36. The molecule has 0 spiro atoms. The van der Waals surface area contributed by atoms with Crippen LogP contribution in [0.5, 0.6) is 0 Å². The molecule has 2 aromatic heterocycles. The Balaban J connectivity index is 1.91. The smallest absolute Gasteiger partial charge is 0.272 e. The van der Waals surface area contributed by atoms with Gasteiger partial charge in [-0.15, -0.1) is 0 Å². The highest BCUT2D eigenvalue weighted by Gasteiger charge is 2.33. The predicted molar refractivity (Wildman–Crippen MR) is 91.1 cm³/mol. The van der Waals surface area contributed by atoms with Crippen molar-refractivity contribution in [3.8, 4) is 0 Å². The molecule has 8 heteroatoms. The molecule has 136 valence electrons. The van der Waals surface area contributed by atoms with E-state index in [2.05, 4.69) is 15.1 Å². The topological polar surface area (TPSA) is 85.3 Å². The molecule has 0 fully saturated rings. The Hall–Kier alpha value is -2.19. The molecule has 1 aliphatic rings. The lowest BCUT2D eigenvalue weighted by molar-refractivity contribution is -0.00715. The van der Waals surface area contributed by atoms with Crippen molar-refractivity contribution in [3.05, 3.63) is 35.2 Å². The summed E-state index contributed by atoms with van der Waals surface area (Å²) < 4.78 is 12.7. The molecule has 0 bridgehead atoms. The van der Waals surface area contributed by atoms with Gasteiger partial charge in [0.15, 0.2) is 0 Å². The first kappa shape index (κ1) is 17.6.